The summed E-state index contributed by atoms with van der Waals surface area (Å²) in [5, 5.41) is 4.44. The minimum atomic E-state index is -0.759. The molecule has 0 radical (unpaired) electrons. The quantitative estimate of drug-likeness (QED) is 0.400. The third-order valence-electron chi connectivity index (χ3n) is 6.70. The average Bonchev–Trinajstić information content (AvgIpc) is 3.31. The van der Waals surface area contributed by atoms with Crippen LogP contribution in [0.5, 0.6) is 0 Å². The summed E-state index contributed by atoms with van der Waals surface area (Å²) in [6.07, 6.45) is 6.28. The standard InChI is InChI=1S/C28H28ClN5O2/c29-24-19-31-25-18-22(6-7-23(24)25)27(35)32-26(21-4-2-1-3-5-21)28(36)34-16-14-33(15-17-34)13-10-20-8-11-30-12-9-20/h1-9,11-12,18-19,26,31H,10,13-17H2,(H,32,35)/t26-/m0/s1. The van der Waals surface area contributed by atoms with Gasteiger partial charge in [-0.3, -0.25) is 19.5 Å². The van der Waals surface area contributed by atoms with E-state index < -0.39 is 6.04 Å². The summed E-state index contributed by atoms with van der Waals surface area (Å²) < 4.78 is 0. The van der Waals surface area contributed by atoms with Gasteiger partial charge in [0.25, 0.3) is 5.91 Å². The fourth-order valence-electron chi connectivity index (χ4n) is 4.59. The highest BCUT2D eigenvalue weighted by Crippen LogP contribution is 2.24. The second kappa shape index (κ2) is 10.9. The first kappa shape index (κ1) is 24.0. The zero-order valence-corrected chi connectivity index (χ0v) is 20.6. The topological polar surface area (TPSA) is 81.3 Å². The summed E-state index contributed by atoms with van der Waals surface area (Å²) in [6, 6.07) is 18.0. The number of carbonyl (C=O) groups is 2. The van der Waals surface area contributed by atoms with Crippen LogP contribution in [-0.2, 0) is 11.2 Å². The van der Waals surface area contributed by atoms with Crippen molar-refractivity contribution in [2.24, 2.45) is 0 Å². The predicted molar refractivity (Wildman–Crippen MR) is 141 cm³/mol. The highest BCUT2D eigenvalue weighted by molar-refractivity contribution is 6.35. The summed E-state index contributed by atoms with van der Waals surface area (Å²) >= 11 is 6.17. The predicted octanol–water partition coefficient (Wildman–Crippen LogP) is 4.07. The molecule has 2 aromatic carbocycles. The number of carbonyl (C=O) groups excluding carboxylic acids is 2. The van der Waals surface area contributed by atoms with Crippen molar-refractivity contribution in [1.82, 2.24) is 25.1 Å². The van der Waals surface area contributed by atoms with Crippen LogP contribution in [0.15, 0.2) is 79.3 Å². The summed E-state index contributed by atoms with van der Waals surface area (Å²) in [7, 11) is 0. The molecule has 1 atom stereocenters. The number of nitrogens with one attached hydrogen (secondary N) is 2. The zero-order valence-electron chi connectivity index (χ0n) is 19.9. The number of hydrogen-bond donors (Lipinski definition) is 2. The molecule has 1 aliphatic rings. The van der Waals surface area contributed by atoms with E-state index >= 15 is 0 Å². The molecule has 0 spiro atoms. The number of benzene rings is 2. The number of amides is 2. The number of halogens is 1. The van der Waals surface area contributed by atoms with E-state index in [0.717, 1.165) is 42.5 Å². The lowest BCUT2D eigenvalue weighted by molar-refractivity contribution is -0.135. The van der Waals surface area contributed by atoms with E-state index in [0.29, 0.717) is 23.7 Å². The molecular formula is C28H28ClN5O2. The molecule has 0 unspecified atom stereocenters. The third kappa shape index (κ3) is 5.42. The van der Waals surface area contributed by atoms with Gasteiger partial charge in [-0.25, -0.2) is 0 Å². The van der Waals surface area contributed by atoms with Gasteiger partial charge in [0.15, 0.2) is 0 Å². The van der Waals surface area contributed by atoms with Crippen molar-refractivity contribution in [2.75, 3.05) is 32.7 Å². The van der Waals surface area contributed by atoms with Gasteiger partial charge in [-0.2, -0.15) is 0 Å². The Morgan fingerprint density at radius 2 is 1.75 bits per heavy atom. The Morgan fingerprint density at radius 1 is 1.00 bits per heavy atom. The number of pyridine rings is 1. The van der Waals surface area contributed by atoms with E-state index in [1.165, 1.54) is 5.56 Å². The molecule has 2 N–H and O–H groups in total. The van der Waals surface area contributed by atoms with Crippen molar-refractivity contribution in [3.63, 3.8) is 0 Å². The number of nitrogens with zero attached hydrogens (tertiary/aromatic N) is 3. The lowest BCUT2D eigenvalue weighted by Crippen LogP contribution is -2.52. The lowest BCUT2D eigenvalue weighted by atomic mass is 10.0. The first-order chi connectivity index (χ1) is 17.6. The Bertz CT molecular complexity index is 1330. The molecule has 5 rings (SSSR count). The Balaban J connectivity index is 1.26. The number of fused-ring (bicyclic) bond motifs is 1. The highest BCUT2D eigenvalue weighted by atomic mass is 35.5. The fraction of sp³-hybridized carbons (Fsp3) is 0.250. The molecule has 1 fully saturated rings. The molecule has 2 aromatic heterocycles. The molecule has 1 aliphatic heterocycles. The second-order valence-corrected chi connectivity index (χ2v) is 9.39. The van der Waals surface area contributed by atoms with Crippen molar-refractivity contribution >= 4 is 34.3 Å². The van der Waals surface area contributed by atoms with Crippen LogP contribution in [0.3, 0.4) is 0 Å². The van der Waals surface area contributed by atoms with Gasteiger partial charge in [-0.05, 0) is 41.8 Å². The Labute approximate surface area is 215 Å². The monoisotopic (exact) mass is 501 g/mol. The van der Waals surface area contributed by atoms with Gasteiger partial charge in [0.1, 0.15) is 6.04 Å². The molecule has 1 saturated heterocycles. The number of aromatic amines is 1. The summed E-state index contributed by atoms with van der Waals surface area (Å²) in [5.74, 6) is -0.395. The van der Waals surface area contributed by atoms with Gasteiger partial charge in [-0.1, -0.05) is 48.0 Å². The highest BCUT2D eigenvalue weighted by Gasteiger charge is 2.30. The molecule has 8 heteroatoms. The van der Waals surface area contributed by atoms with Crippen molar-refractivity contribution in [3.05, 3.63) is 101 Å². The normalized spacial score (nSPS) is 15.1. The molecule has 184 valence electrons. The average molecular weight is 502 g/mol. The van der Waals surface area contributed by atoms with Crippen LogP contribution in [0.4, 0.5) is 0 Å². The van der Waals surface area contributed by atoms with Crippen LogP contribution in [0.2, 0.25) is 5.02 Å². The van der Waals surface area contributed by atoms with Gasteiger partial charge in [-0.15, -0.1) is 0 Å². The zero-order chi connectivity index (χ0) is 24.9. The lowest BCUT2D eigenvalue weighted by Gasteiger charge is -2.36. The van der Waals surface area contributed by atoms with E-state index in [2.05, 4.69) is 20.2 Å². The molecule has 0 aliphatic carbocycles. The van der Waals surface area contributed by atoms with Gasteiger partial charge >= 0.3 is 0 Å². The third-order valence-corrected chi connectivity index (χ3v) is 7.01. The maximum Gasteiger partial charge on any atom is 0.252 e. The minimum absolute atomic E-state index is 0.0904. The Hall–Kier alpha value is -3.68. The van der Waals surface area contributed by atoms with E-state index in [4.69, 9.17) is 11.6 Å². The molecule has 7 nitrogen and oxygen atoms in total. The van der Waals surface area contributed by atoms with Crippen LogP contribution in [0, 0.1) is 0 Å². The Kier molecular flexibility index (Phi) is 7.30. The second-order valence-electron chi connectivity index (χ2n) is 8.99. The summed E-state index contributed by atoms with van der Waals surface area (Å²) in [4.78, 5) is 38.2. The first-order valence-electron chi connectivity index (χ1n) is 12.1. The SMILES string of the molecule is O=C(N[C@H](C(=O)N1CCN(CCc2ccncc2)CC1)c1ccccc1)c1ccc2c(Cl)c[nH]c2c1. The molecule has 0 saturated carbocycles. The summed E-state index contributed by atoms with van der Waals surface area (Å²) in [6.45, 7) is 3.80. The Morgan fingerprint density at radius 3 is 2.50 bits per heavy atom. The minimum Gasteiger partial charge on any atom is -0.360 e. The fourth-order valence-corrected chi connectivity index (χ4v) is 4.81. The molecule has 0 bridgehead atoms. The number of aromatic nitrogens is 2. The number of hydrogen-bond acceptors (Lipinski definition) is 4. The van der Waals surface area contributed by atoms with Crippen LogP contribution < -0.4 is 5.32 Å². The number of rotatable bonds is 7. The molecule has 4 aromatic rings. The van der Waals surface area contributed by atoms with Gasteiger partial charge in [0.2, 0.25) is 5.91 Å². The van der Waals surface area contributed by atoms with Crippen LogP contribution >= 0.6 is 11.6 Å². The van der Waals surface area contributed by atoms with Crippen molar-refractivity contribution in [1.29, 1.82) is 0 Å². The van der Waals surface area contributed by atoms with Gasteiger partial charge in [0, 0.05) is 67.8 Å². The van der Waals surface area contributed by atoms with E-state index in [-0.39, 0.29) is 11.8 Å². The van der Waals surface area contributed by atoms with Crippen molar-refractivity contribution in [2.45, 2.75) is 12.5 Å². The smallest absolute Gasteiger partial charge is 0.252 e. The van der Waals surface area contributed by atoms with Crippen LogP contribution in [0.1, 0.15) is 27.5 Å². The first-order valence-corrected chi connectivity index (χ1v) is 12.5. The number of H-pyrrole nitrogens is 1. The van der Waals surface area contributed by atoms with E-state index in [1.807, 2.05) is 65.8 Å². The van der Waals surface area contributed by atoms with Crippen LogP contribution in [0.25, 0.3) is 10.9 Å². The van der Waals surface area contributed by atoms with E-state index in [1.54, 1.807) is 18.3 Å². The van der Waals surface area contributed by atoms with Crippen LogP contribution in [-0.4, -0.2) is 64.3 Å². The van der Waals surface area contributed by atoms with E-state index in [9.17, 15) is 9.59 Å². The molecule has 3 heterocycles. The van der Waals surface area contributed by atoms with Gasteiger partial charge < -0.3 is 15.2 Å². The number of piperazine rings is 1. The molecular weight excluding hydrogens is 474 g/mol. The summed E-state index contributed by atoms with van der Waals surface area (Å²) in [5.41, 5.74) is 3.27. The van der Waals surface area contributed by atoms with Crippen molar-refractivity contribution in [3.8, 4) is 0 Å². The van der Waals surface area contributed by atoms with Crippen molar-refractivity contribution < 1.29 is 9.59 Å². The maximum atomic E-state index is 13.6. The maximum absolute atomic E-state index is 13.6. The largest absolute Gasteiger partial charge is 0.360 e. The van der Waals surface area contributed by atoms with Gasteiger partial charge in [0.05, 0.1) is 5.02 Å². The molecule has 36 heavy (non-hydrogen) atoms. The molecule has 2 amide bonds.